The summed E-state index contributed by atoms with van der Waals surface area (Å²) in [5.74, 6) is -0.252. The predicted octanol–water partition coefficient (Wildman–Crippen LogP) is 1.64. The number of carbonyl (C=O) groups is 2. The minimum Gasteiger partial charge on any atom is -0.394 e. The number of para-hydroxylation sites is 1. The zero-order chi connectivity index (χ0) is 19.5. The lowest BCUT2D eigenvalue weighted by molar-refractivity contribution is -0.127. The highest BCUT2D eigenvalue weighted by molar-refractivity contribution is 6.05. The molecule has 2 unspecified atom stereocenters. The summed E-state index contributed by atoms with van der Waals surface area (Å²) in [6.45, 7) is 0.123. The number of amides is 2. The number of hydrogen-bond acceptors (Lipinski definition) is 4. The second-order valence-electron chi connectivity index (χ2n) is 7.08. The zero-order valence-corrected chi connectivity index (χ0v) is 15.3. The minimum absolute atomic E-state index is 0.124. The molecule has 0 radical (unpaired) electrons. The number of fused-ring (bicyclic) bond motifs is 1. The Balaban J connectivity index is 1.43. The number of nitrogens with one attached hydrogen (secondary N) is 2. The molecule has 2 heterocycles. The molecule has 0 bridgehead atoms. The lowest BCUT2D eigenvalue weighted by Crippen LogP contribution is -2.43. The van der Waals surface area contributed by atoms with E-state index in [-0.39, 0.29) is 37.4 Å². The van der Waals surface area contributed by atoms with Crippen LogP contribution in [0.15, 0.2) is 54.6 Å². The maximum Gasteiger partial charge on any atom is 0.229 e. The second kappa shape index (κ2) is 7.82. The molecule has 7 heteroatoms. The molecule has 1 aliphatic heterocycles. The van der Waals surface area contributed by atoms with Gasteiger partial charge in [0.1, 0.15) is 0 Å². The molecule has 4 rings (SSSR count). The third kappa shape index (κ3) is 3.61. The zero-order valence-electron chi connectivity index (χ0n) is 15.3. The number of benzene rings is 2. The largest absolute Gasteiger partial charge is 0.394 e. The van der Waals surface area contributed by atoms with Crippen LogP contribution in [0, 0.1) is 5.92 Å². The van der Waals surface area contributed by atoms with E-state index in [0.29, 0.717) is 12.2 Å². The van der Waals surface area contributed by atoms with E-state index in [0.717, 1.165) is 16.5 Å². The van der Waals surface area contributed by atoms with E-state index in [4.69, 9.17) is 0 Å². The molecule has 0 saturated carbocycles. The molecule has 0 spiro atoms. The Hall–Kier alpha value is -3.19. The molecule has 28 heavy (non-hydrogen) atoms. The summed E-state index contributed by atoms with van der Waals surface area (Å²) < 4.78 is 0. The highest BCUT2D eigenvalue weighted by Gasteiger charge is 2.37. The number of aromatic amines is 1. The predicted molar refractivity (Wildman–Crippen MR) is 106 cm³/mol. The van der Waals surface area contributed by atoms with Crippen LogP contribution in [0.25, 0.3) is 10.9 Å². The maximum atomic E-state index is 12.7. The molecule has 1 fully saturated rings. The van der Waals surface area contributed by atoms with Gasteiger partial charge in [-0.05, 0) is 24.1 Å². The van der Waals surface area contributed by atoms with Gasteiger partial charge in [0.15, 0.2) is 5.82 Å². The summed E-state index contributed by atoms with van der Waals surface area (Å²) >= 11 is 0. The van der Waals surface area contributed by atoms with Gasteiger partial charge in [-0.25, -0.2) is 0 Å². The molecule has 144 valence electrons. The summed E-state index contributed by atoms with van der Waals surface area (Å²) in [6, 6.07) is 16.9. The number of anilines is 1. The summed E-state index contributed by atoms with van der Waals surface area (Å²) in [4.78, 5) is 26.8. The van der Waals surface area contributed by atoms with Gasteiger partial charge in [-0.1, -0.05) is 42.5 Å². The van der Waals surface area contributed by atoms with Gasteiger partial charge in [0.25, 0.3) is 0 Å². The number of hydrogen-bond donors (Lipinski definition) is 3. The maximum absolute atomic E-state index is 12.7. The molecule has 7 nitrogen and oxygen atoms in total. The fourth-order valence-corrected chi connectivity index (χ4v) is 3.62. The van der Waals surface area contributed by atoms with Crippen molar-refractivity contribution in [2.24, 2.45) is 5.92 Å². The van der Waals surface area contributed by atoms with Gasteiger partial charge in [0, 0.05) is 18.4 Å². The van der Waals surface area contributed by atoms with Gasteiger partial charge in [-0.2, -0.15) is 5.10 Å². The van der Waals surface area contributed by atoms with E-state index < -0.39 is 5.92 Å². The van der Waals surface area contributed by atoms with E-state index in [1.165, 1.54) is 0 Å². The summed E-state index contributed by atoms with van der Waals surface area (Å²) in [5.41, 5.74) is 1.88. The standard InChI is InChI=1S/C21H22N4O3/c26-13-16(10-14-6-2-1-3-7-14)22-21(28)15-11-19(27)25(12-15)20-17-8-4-5-9-18(17)23-24-20/h1-9,15-16,26H,10-13H2,(H,22,28)(H,23,24). The normalized spacial score (nSPS) is 17.8. The van der Waals surface area contributed by atoms with Crippen molar-refractivity contribution < 1.29 is 14.7 Å². The van der Waals surface area contributed by atoms with Gasteiger partial charge in [-0.15, -0.1) is 0 Å². The molecule has 2 amide bonds. The van der Waals surface area contributed by atoms with E-state index in [1.807, 2.05) is 54.6 Å². The highest BCUT2D eigenvalue weighted by Crippen LogP contribution is 2.29. The van der Waals surface area contributed by atoms with Crippen molar-refractivity contribution >= 4 is 28.5 Å². The van der Waals surface area contributed by atoms with Gasteiger partial charge in [0.05, 0.1) is 24.1 Å². The average molecular weight is 378 g/mol. The Morgan fingerprint density at radius 1 is 1.21 bits per heavy atom. The number of rotatable bonds is 6. The molecule has 1 saturated heterocycles. The van der Waals surface area contributed by atoms with E-state index in [1.54, 1.807) is 4.90 Å². The first kappa shape index (κ1) is 18.2. The van der Waals surface area contributed by atoms with E-state index in [9.17, 15) is 14.7 Å². The minimum atomic E-state index is -0.465. The van der Waals surface area contributed by atoms with Crippen LogP contribution in [0.1, 0.15) is 12.0 Å². The van der Waals surface area contributed by atoms with Crippen molar-refractivity contribution in [1.82, 2.24) is 15.5 Å². The smallest absolute Gasteiger partial charge is 0.229 e. The van der Waals surface area contributed by atoms with Crippen molar-refractivity contribution in [3.63, 3.8) is 0 Å². The molecular formula is C21H22N4O3. The monoisotopic (exact) mass is 378 g/mol. The molecule has 1 aromatic heterocycles. The van der Waals surface area contributed by atoms with Gasteiger partial charge >= 0.3 is 0 Å². The van der Waals surface area contributed by atoms with Crippen LogP contribution in [0.4, 0.5) is 5.82 Å². The van der Waals surface area contributed by atoms with Crippen molar-refractivity contribution in [1.29, 1.82) is 0 Å². The van der Waals surface area contributed by atoms with Crippen molar-refractivity contribution in [2.45, 2.75) is 18.9 Å². The van der Waals surface area contributed by atoms with Crippen LogP contribution in [-0.4, -0.2) is 46.3 Å². The fourth-order valence-electron chi connectivity index (χ4n) is 3.62. The number of H-pyrrole nitrogens is 1. The second-order valence-corrected chi connectivity index (χ2v) is 7.08. The molecule has 0 aliphatic carbocycles. The van der Waals surface area contributed by atoms with E-state index in [2.05, 4.69) is 15.5 Å². The number of aliphatic hydroxyl groups is 1. The Morgan fingerprint density at radius 3 is 2.75 bits per heavy atom. The number of carbonyl (C=O) groups excluding carboxylic acids is 2. The molecule has 1 aliphatic rings. The Labute approximate surface area is 162 Å². The summed E-state index contributed by atoms with van der Waals surface area (Å²) in [7, 11) is 0. The highest BCUT2D eigenvalue weighted by atomic mass is 16.3. The summed E-state index contributed by atoms with van der Waals surface area (Å²) in [6.07, 6.45) is 0.675. The van der Waals surface area contributed by atoms with Crippen molar-refractivity contribution in [2.75, 3.05) is 18.1 Å². The number of aliphatic hydroxyl groups excluding tert-OH is 1. The van der Waals surface area contributed by atoms with Crippen molar-refractivity contribution in [3.05, 3.63) is 60.2 Å². The van der Waals surface area contributed by atoms with Crippen LogP contribution in [0.5, 0.6) is 0 Å². The third-order valence-corrected chi connectivity index (χ3v) is 5.09. The first-order valence-corrected chi connectivity index (χ1v) is 9.34. The Kier molecular flexibility index (Phi) is 5.08. The van der Waals surface area contributed by atoms with Crippen LogP contribution in [0.2, 0.25) is 0 Å². The molecule has 3 N–H and O–H groups in total. The molecule has 3 aromatic rings. The number of aromatic nitrogens is 2. The van der Waals surface area contributed by atoms with Gasteiger partial charge in [-0.3, -0.25) is 19.6 Å². The third-order valence-electron chi connectivity index (χ3n) is 5.09. The first-order chi connectivity index (χ1) is 13.7. The topological polar surface area (TPSA) is 98.3 Å². The SMILES string of the molecule is O=C(NC(CO)Cc1ccccc1)C1CC(=O)N(c2n[nH]c3ccccc23)C1. The first-order valence-electron chi connectivity index (χ1n) is 9.34. The van der Waals surface area contributed by atoms with Crippen LogP contribution >= 0.6 is 0 Å². The molecule has 2 atom stereocenters. The average Bonchev–Trinajstić information content (AvgIpc) is 3.31. The quantitative estimate of drug-likeness (QED) is 0.607. The molecule has 2 aromatic carbocycles. The van der Waals surface area contributed by atoms with E-state index >= 15 is 0 Å². The van der Waals surface area contributed by atoms with Gasteiger partial charge < -0.3 is 10.4 Å². The van der Waals surface area contributed by atoms with Crippen LogP contribution in [0.3, 0.4) is 0 Å². The lowest BCUT2D eigenvalue weighted by atomic mass is 10.0. The van der Waals surface area contributed by atoms with Crippen LogP contribution in [-0.2, 0) is 16.0 Å². The van der Waals surface area contributed by atoms with Crippen LogP contribution < -0.4 is 10.2 Å². The van der Waals surface area contributed by atoms with Crippen molar-refractivity contribution in [3.8, 4) is 0 Å². The molecular weight excluding hydrogens is 356 g/mol. The van der Waals surface area contributed by atoms with Gasteiger partial charge in [0.2, 0.25) is 11.8 Å². The fraction of sp³-hybridized carbons (Fsp3) is 0.286. The Bertz CT molecular complexity index is 985. The Morgan fingerprint density at radius 2 is 1.96 bits per heavy atom. The number of nitrogens with zero attached hydrogens (tertiary/aromatic N) is 2. The lowest BCUT2D eigenvalue weighted by Gasteiger charge is -2.19. The summed E-state index contributed by atoms with van der Waals surface area (Å²) in [5, 5.41) is 20.6.